The van der Waals surface area contributed by atoms with Gasteiger partial charge in [-0.25, -0.2) is 9.78 Å². The van der Waals surface area contributed by atoms with Crippen molar-refractivity contribution in [3.63, 3.8) is 0 Å². The smallest absolute Gasteiger partial charge is 0.337 e. The number of carbonyl (C=O) groups is 1. The number of aliphatic hydroxyl groups is 2. The van der Waals surface area contributed by atoms with E-state index in [-0.39, 0.29) is 22.9 Å². The SMILES string of the molecule is O=C(O)c1ccnc(SCC(O)CO)c1Cl. The van der Waals surface area contributed by atoms with E-state index in [0.29, 0.717) is 5.03 Å². The molecular weight excluding hydrogens is 254 g/mol. The molecule has 0 fully saturated rings. The van der Waals surface area contributed by atoms with Gasteiger partial charge < -0.3 is 15.3 Å². The molecule has 0 radical (unpaired) electrons. The van der Waals surface area contributed by atoms with E-state index in [1.54, 1.807) is 0 Å². The molecule has 1 atom stereocenters. The Morgan fingerprint density at radius 2 is 2.31 bits per heavy atom. The van der Waals surface area contributed by atoms with Crippen molar-refractivity contribution in [1.82, 2.24) is 4.98 Å². The summed E-state index contributed by atoms with van der Waals surface area (Å²) in [6, 6.07) is 1.30. The Labute approximate surface area is 101 Å². The number of nitrogens with zero attached hydrogens (tertiary/aromatic N) is 1. The maximum absolute atomic E-state index is 10.8. The minimum Gasteiger partial charge on any atom is -0.478 e. The molecule has 1 aromatic heterocycles. The molecule has 1 rings (SSSR count). The molecule has 0 aliphatic carbocycles. The fourth-order valence-electron chi connectivity index (χ4n) is 0.918. The highest BCUT2D eigenvalue weighted by Crippen LogP contribution is 2.28. The minimum absolute atomic E-state index is 0.0299. The summed E-state index contributed by atoms with van der Waals surface area (Å²) >= 11 is 6.92. The van der Waals surface area contributed by atoms with Gasteiger partial charge in [0.25, 0.3) is 0 Å². The molecule has 1 aromatic rings. The van der Waals surface area contributed by atoms with Crippen molar-refractivity contribution in [3.8, 4) is 0 Å². The van der Waals surface area contributed by atoms with Crippen molar-refractivity contribution in [2.24, 2.45) is 0 Å². The van der Waals surface area contributed by atoms with Gasteiger partial charge in [0.05, 0.1) is 23.3 Å². The van der Waals surface area contributed by atoms with Crippen LogP contribution >= 0.6 is 23.4 Å². The highest BCUT2D eigenvalue weighted by atomic mass is 35.5. The number of aromatic carboxylic acids is 1. The number of aromatic nitrogens is 1. The third kappa shape index (κ3) is 3.34. The van der Waals surface area contributed by atoms with Crippen molar-refractivity contribution in [1.29, 1.82) is 0 Å². The first-order valence-electron chi connectivity index (χ1n) is 4.35. The molecule has 0 aliphatic heterocycles. The van der Waals surface area contributed by atoms with E-state index >= 15 is 0 Å². The summed E-state index contributed by atoms with van der Waals surface area (Å²) < 4.78 is 0. The Balaban J connectivity index is 2.81. The van der Waals surface area contributed by atoms with Gasteiger partial charge in [-0.2, -0.15) is 0 Å². The molecule has 0 aliphatic rings. The lowest BCUT2D eigenvalue weighted by molar-refractivity contribution is 0.0696. The average molecular weight is 264 g/mol. The first kappa shape index (κ1) is 13.2. The van der Waals surface area contributed by atoms with Crippen LogP contribution in [-0.4, -0.2) is 44.7 Å². The number of hydrogen-bond donors (Lipinski definition) is 3. The highest BCUT2D eigenvalue weighted by Gasteiger charge is 2.14. The van der Waals surface area contributed by atoms with Crippen LogP contribution in [0.1, 0.15) is 10.4 Å². The molecular formula is C9H10ClNO4S. The molecule has 0 saturated carbocycles. The molecule has 0 saturated heterocycles. The third-order valence-corrected chi connectivity index (χ3v) is 3.34. The van der Waals surface area contributed by atoms with Gasteiger partial charge in [0, 0.05) is 11.9 Å². The molecule has 7 heteroatoms. The number of carboxylic acids is 1. The summed E-state index contributed by atoms with van der Waals surface area (Å²) in [5.74, 6) is -0.927. The number of halogens is 1. The van der Waals surface area contributed by atoms with Gasteiger partial charge in [-0.15, -0.1) is 11.8 Å². The van der Waals surface area contributed by atoms with Crippen LogP contribution in [0.15, 0.2) is 17.3 Å². The molecule has 16 heavy (non-hydrogen) atoms. The monoisotopic (exact) mass is 263 g/mol. The Morgan fingerprint density at radius 3 is 2.88 bits per heavy atom. The van der Waals surface area contributed by atoms with Gasteiger partial charge in [-0.1, -0.05) is 11.6 Å². The van der Waals surface area contributed by atoms with Crippen LogP contribution in [0, 0.1) is 0 Å². The molecule has 0 bridgehead atoms. The Morgan fingerprint density at radius 1 is 1.62 bits per heavy atom. The molecule has 3 N–H and O–H groups in total. The molecule has 5 nitrogen and oxygen atoms in total. The summed E-state index contributed by atoms with van der Waals surface area (Å²) in [6.07, 6.45) is 0.458. The Kier molecular flexibility index (Phi) is 5.01. The highest BCUT2D eigenvalue weighted by molar-refractivity contribution is 7.99. The largest absolute Gasteiger partial charge is 0.478 e. The fraction of sp³-hybridized carbons (Fsp3) is 0.333. The van der Waals surface area contributed by atoms with Crippen LogP contribution < -0.4 is 0 Å². The Hall–Kier alpha value is -0.820. The maximum Gasteiger partial charge on any atom is 0.337 e. The molecule has 0 amide bonds. The zero-order chi connectivity index (χ0) is 12.1. The van der Waals surface area contributed by atoms with Crippen molar-refractivity contribution in [2.75, 3.05) is 12.4 Å². The first-order valence-corrected chi connectivity index (χ1v) is 5.72. The summed E-state index contributed by atoms with van der Waals surface area (Å²) in [5.41, 5.74) is -0.0299. The molecule has 1 heterocycles. The van der Waals surface area contributed by atoms with Crippen molar-refractivity contribution < 1.29 is 20.1 Å². The van der Waals surface area contributed by atoms with E-state index < -0.39 is 12.1 Å². The first-order chi connectivity index (χ1) is 7.56. The summed E-state index contributed by atoms with van der Waals surface area (Å²) in [7, 11) is 0. The number of aliphatic hydroxyl groups excluding tert-OH is 2. The summed E-state index contributed by atoms with van der Waals surface area (Å²) in [4.78, 5) is 14.7. The molecule has 1 unspecified atom stereocenters. The Bertz CT molecular complexity index is 388. The van der Waals surface area contributed by atoms with Gasteiger partial charge >= 0.3 is 5.97 Å². The van der Waals surface area contributed by atoms with E-state index in [4.69, 9.17) is 26.9 Å². The second-order valence-corrected chi connectivity index (χ2v) is 4.32. The minimum atomic E-state index is -1.13. The predicted molar refractivity (Wildman–Crippen MR) is 60.0 cm³/mol. The summed E-state index contributed by atoms with van der Waals surface area (Å²) in [6.45, 7) is -0.358. The van der Waals surface area contributed by atoms with Crippen LogP contribution in [0.4, 0.5) is 0 Å². The van der Waals surface area contributed by atoms with E-state index in [1.165, 1.54) is 12.3 Å². The van der Waals surface area contributed by atoms with E-state index in [0.717, 1.165) is 11.8 Å². The lowest BCUT2D eigenvalue weighted by atomic mass is 10.3. The zero-order valence-electron chi connectivity index (χ0n) is 8.13. The van der Waals surface area contributed by atoms with E-state index in [1.807, 2.05) is 0 Å². The quantitative estimate of drug-likeness (QED) is 0.683. The predicted octanol–water partition coefficient (Wildman–Crippen LogP) is 0.878. The normalized spacial score (nSPS) is 12.4. The van der Waals surface area contributed by atoms with Gasteiger partial charge in [0.2, 0.25) is 0 Å². The van der Waals surface area contributed by atoms with Gasteiger partial charge in [0.15, 0.2) is 0 Å². The topological polar surface area (TPSA) is 90.7 Å². The molecule has 88 valence electrons. The van der Waals surface area contributed by atoms with Crippen molar-refractivity contribution >= 4 is 29.3 Å². The number of carboxylic acid groups (broad SMARTS) is 1. The standard InChI is InChI=1S/C9H10ClNO4S/c10-7-6(9(14)15)1-2-11-8(7)16-4-5(13)3-12/h1-2,5,12-13H,3-4H2,(H,14,15). The van der Waals surface area contributed by atoms with Crippen LogP contribution in [0.5, 0.6) is 0 Å². The average Bonchev–Trinajstić information content (AvgIpc) is 2.26. The number of hydrogen-bond acceptors (Lipinski definition) is 5. The van der Waals surface area contributed by atoms with Gasteiger partial charge in [0.1, 0.15) is 5.03 Å². The number of rotatable bonds is 5. The maximum atomic E-state index is 10.8. The lowest BCUT2D eigenvalue weighted by Gasteiger charge is -2.08. The van der Waals surface area contributed by atoms with Crippen LogP contribution in [0.2, 0.25) is 5.02 Å². The number of pyridine rings is 1. The van der Waals surface area contributed by atoms with E-state index in [9.17, 15) is 4.79 Å². The second-order valence-electron chi connectivity index (χ2n) is 2.93. The van der Waals surface area contributed by atoms with Crippen molar-refractivity contribution in [2.45, 2.75) is 11.1 Å². The van der Waals surface area contributed by atoms with E-state index in [2.05, 4.69) is 4.98 Å². The molecule has 0 aromatic carbocycles. The summed E-state index contributed by atoms with van der Waals surface area (Å²) in [5, 5.41) is 26.9. The number of thioether (sulfide) groups is 1. The van der Waals surface area contributed by atoms with Crippen LogP contribution in [0.3, 0.4) is 0 Å². The zero-order valence-corrected chi connectivity index (χ0v) is 9.70. The van der Waals surface area contributed by atoms with Crippen molar-refractivity contribution in [3.05, 3.63) is 22.8 Å². The van der Waals surface area contributed by atoms with Crippen LogP contribution in [-0.2, 0) is 0 Å². The fourth-order valence-corrected chi connectivity index (χ4v) is 2.10. The van der Waals surface area contributed by atoms with Gasteiger partial charge in [-0.05, 0) is 6.07 Å². The lowest BCUT2D eigenvalue weighted by Crippen LogP contribution is -2.14. The molecule has 0 spiro atoms. The third-order valence-electron chi connectivity index (χ3n) is 1.71. The second kappa shape index (κ2) is 6.05. The van der Waals surface area contributed by atoms with Crippen LogP contribution in [0.25, 0.3) is 0 Å². The van der Waals surface area contributed by atoms with Gasteiger partial charge in [-0.3, -0.25) is 0 Å².